The van der Waals surface area contributed by atoms with E-state index >= 15 is 0 Å². The molecule has 0 radical (unpaired) electrons. The Balaban J connectivity index is 1.84. The number of ether oxygens (including phenoxy) is 1. The van der Waals surface area contributed by atoms with E-state index in [2.05, 4.69) is 22.9 Å². The second-order valence-electron chi connectivity index (χ2n) is 5.34. The highest BCUT2D eigenvalue weighted by Gasteiger charge is 2.17. The minimum atomic E-state index is -0.408. The first-order valence-corrected chi connectivity index (χ1v) is 7.31. The second-order valence-corrected chi connectivity index (χ2v) is 5.34. The Hall–Kier alpha value is -2.01. The number of hydrogen-bond acceptors (Lipinski definition) is 5. The molecule has 5 heteroatoms. The lowest BCUT2D eigenvalue weighted by molar-refractivity contribution is 0.0492. The topological polar surface area (TPSA) is 45.9 Å². The summed E-state index contributed by atoms with van der Waals surface area (Å²) in [6.45, 7) is 6.27. The van der Waals surface area contributed by atoms with Gasteiger partial charge in [-0.15, -0.1) is 0 Å². The predicted molar refractivity (Wildman–Crippen MR) is 81.9 cm³/mol. The van der Waals surface area contributed by atoms with Crippen LogP contribution in [0.4, 0.5) is 5.69 Å². The number of furan rings is 1. The van der Waals surface area contributed by atoms with Crippen molar-refractivity contribution in [1.29, 1.82) is 0 Å². The number of carbonyl (C=O) groups excluding carboxylic acids is 1. The number of hydrogen-bond donors (Lipinski definition) is 0. The van der Waals surface area contributed by atoms with Crippen molar-refractivity contribution in [3.63, 3.8) is 0 Å². The van der Waals surface area contributed by atoms with Crippen LogP contribution in [0.25, 0.3) is 11.0 Å². The molecule has 0 aliphatic carbocycles. The van der Waals surface area contributed by atoms with Gasteiger partial charge in [-0.1, -0.05) is 0 Å². The van der Waals surface area contributed by atoms with Gasteiger partial charge < -0.3 is 19.0 Å². The number of nitrogens with zero attached hydrogens (tertiary/aromatic N) is 2. The quantitative estimate of drug-likeness (QED) is 0.811. The Morgan fingerprint density at radius 2 is 2.00 bits per heavy atom. The summed E-state index contributed by atoms with van der Waals surface area (Å²) in [5.41, 5.74) is 1.87. The van der Waals surface area contributed by atoms with E-state index in [1.165, 1.54) is 0 Å². The summed E-state index contributed by atoms with van der Waals surface area (Å²) in [4.78, 5) is 16.4. The van der Waals surface area contributed by atoms with Crippen molar-refractivity contribution >= 4 is 22.6 Å². The normalized spacial score (nSPS) is 16.4. The highest BCUT2D eigenvalue weighted by Crippen LogP contribution is 2.26. The van der Waals surface area contributed by atoms with E-state index in [4.69, 9.17) is 9.15 Å². The fraction of sp³-hybridized carbons (Fsp3) is 0.438. The standard InChI is InChI=1S/C16H20N2O3/c1-3-20-16(19)15-10-12-4-5-13(11-14(12)21-15)18-8-6-17(2)7-9-18/h4-5,10-11H,3,6-9H2,1-2H3. The maximum atomic E-state index is 11.7. The van der Waals surface area contributed by atoms with Crippen molar-refractivity contribution in [3.05, 3.63) is 30.0 Å². The van der Waals surface area contributed by atoms with E-state index in [1.807, 2.05) is 12.1 Å². The van der Waals surface area contributed by atoms with Gasteiger partial charge in [0.25, 0.3) is 0 Å². The number of anilines is 1. The average molecular weight is 288 g/mol. The summed E-state index contributed by atoms with van der Waals surface area (Å²) in [5.74, 6) is -0.141. The molecule has 2 heterocycles. The van der Waals surface area contributed by atoms with Crippen molar-refractivity contribution in [1.82, 2.24) is 4.90 Å². The van der Waals surface area contributed by atoms with Gasteiger partial charge in [0.05, 0.1) is 6.61 Å². The van der Waals surface area contributed by atoms with E-state index in [0.717, 1.165) is 42.8 Å². The number of piperazine rings is 1. The Morgan fingerprint density at radius 1 is 1.24 bits per heavy atom. The number of esters is 1. The van der Waals surface area contributed by atoms with Gasteiger partial charge in [0, 0.05) is 43.3 Å². The van der Waals surface area contributed by atoms with Gasteiger partial charge in [-0.3, -0.25) is 0 Å². The van der Waals surface area contributed by atoms with Crippen LogP contribution in [-0.2, 0) is 4.74 Å². The van der Waals surface area contributed by atoms with Gasteiger partial charge in [0.2, 0.25) is 5.76 Å². The zero-order valence-electron chi connectivity index (χ0n) is 12.5. The number of carbonyl (C=O) groups is 1. The highest BCUT2D eigenvalue weighted by molar-refractivity contribution is 5.93. The maximum Gasteiger partial charge on any atom is 0.374 e. The minimum absolute atomic E-state index is 0.266. The third-order valence-electron chi connectivity index (χ3n) is 3.85. The summed E-state index contributed by atoms with van der Waals surface area (Å²) >= 11 is 0. The molecule has 0 atom stereocenters. The molecule has 21 heavy (non-hydrogen) atoms. The Labute approximate surface area is 124 Å². The van der Waals surface area contributed by atoms with Gasteiger partial charge >= 0.3 is 5.97 Å². The van der Waals surface area contributed by atoms with Gasteiger partial charge in [0.15, 0.2) is 0 Å². The van der Waals surface area contributed by atoms with Crippen LogP contribution in [0.15, 0.2) is 28.7 Å². The van der Waals surface area contributed by atoms with Crippen LogP contribution in [0.1, 0.15) is 17.5 Å². The van der Waals surface area contributed by atoms with Crippen molar-refractivity contribution in [3.8, 4) is 0 Å². The van der Waals surface area contributed by atoms with Crippen LogP contribution in [0.5, 0.6) is 0 Å². The molecule has 0 N–H and O–H groups in total. The summed E-state index contributed by atoms with van der Waals surface area (Å²) in [6, 6.07) is 7.82. The Bertz CT molecular complexity index is 642. The highest BCUT2D eigenvalue weighted by atomic mass is 16.5. The summed E-state index contributed by atoms with van der Waals surface area (Å²) in [6.07, 6.45) is 0. The molecule has 3 rings (SSSR count). The Kier molecular flexibility index (Phi) is 3.84. The predicted octanol–water partition coefficient (Wildman–Crippen LogP) is 2.36. The van der Waals surface area contributed by atoms with Crippen molar-refractivity contribution in [2.45, 2.75) is 6.92 Å². The zero-order chi connectivity index (χ0) is 14.8. The van der Waals surface area contributed by atoms with Crippen molar-refractivity contribution < 1.29 is 13.9 Å². The molecule has 5 nitrogen and oxygen atoms in total. The first-order valence-electron chi connectivity index (χ1n) is 7.31. The monoisotopic (exact) mass is 288 g/mol. The van der Waals surface area contributed by atoms with E-state index < -0.39 is 5.97 Å². The van der Waals surface area contributed by atoms with Crippen LogP contribution in [0.3, 0.4) is 0 Å². The molecule has 112 valence electrons. The number of fused-ring (bicyclic) bond motifs is 1. The largest absolute Gasteiger partial charge is 0.460 e. The maximum absolute atomic E-state index is 11.7. The third kappa shape index (κ3) is 2.88. The third-order valence-corrected chi connectivity index (χ3v) is 3.85. The van der Waals surface area contributed by atoms with Crippen molar-refractivity contribution in [2.24, 2.45) is 0 Å². The molecule has 1 aliphatic rings. The lowest BCUT2D eigenvalue weighted by Crippen LogP contribution is -2.44. The minimum Gasteiger partial charge on any atom is -0.460 e. The molecule has 0 bridgehead atoms. The molecule has 2 aromatic rings. The summed E-state index contributed by atoms with van der Waals surface area (Å²) in [7, 11) is 2.14. The molecule has 0 saturated carbocycles. The molecule has 0 unspecified atom stereocenters. The van der Waals surface area contributed by atoms with Crippen LogP contribution in [0, 0.1) is 0 Å². The molecule has 0 spiro atoms. The van der Waals surface area contributed by atoms with Crippen LogP contribution < -0.4 is 4.90 Å². The first-order chi connectivity index (χ1) is 10.2. The molecule has 1 fully saturated rings. The zero-order valence-corrected chi connectivity index (χ0v) is 12.5. The molecule has 0 amide bonds. The van der Waals surface area contributed by atoms with E-state index in [1.54, 1.807) is 13.0 Å². The lowest BCUT2D eigenvalue weighted by Gasteiger charge is -2.33. The van der Waals surface area contributed by atoms with Crippen LogP contribution in [-0.4, -0.2) is 50.7 Å². The molecular weight excluding hydrogens is 268 g/mol. The number of rotatable bonds is 3. The van der Waals surface area contributed by atoms with Gasteiger partial charge in [-0.2, -0.15) is 0 Å². The lowest BCUT2D eigenvalue weighted by atomic mass is 10.2. The SMILES string of the molecule is CCOC(=O)c1cc2ccc(N3CCN(C)CC3)cc2o1. The fourth-order valence-corrected chi connectivity index (χ4v) is 2.58. The number of benzene rings is 1. The van der Waals surface area contributed by atoms with Gasteiger partial charge in [0.1, 0.15) is 5.58 Å². The van der Waals surface area contributed by atoms with Crippen LogP contribution >= 0.6 is 0 Å². The average Bonchev–Trinajstić information content (AvgIpc) is 2.91. The van der Waals surface area contributed by atoms with Crippen molar-refractivity contribution in [2.75, 3.05) is 44.7 Å². The van der Waals surface area contributed by atoms with Gasteiger partial charge in [-0.05, 0) is 32.2 Å². The summed E-state index contributed by atoms with van der Waals surface area (Å²) < 4.78 is 10.6. The molecule has 1 aromatic heterocycles. The van der Waals surface area contributed by atoms with E-state index in [-0.39, 0.29) is 5.76 Å². The Morgan fingerprint density at radius 3 is 2.71 bits per heavy atom. The molecule has 1 saturated heterocycles. The van der Waals surface area contributed by atoms with E-state index in [9.17, 15) is 4.79 Å². The first kappa shape index (κ1) is 13.9. The van der Waals surface area contributed by atoms with E-state index in [0.29, 0.717) is 6.61 Å². The second kappa shape index (κ2) is 5.77. The number of likely N-dealkylation sites (N-methyl/N-ethyl adjacent to an activating group) is 1. The summed E-state index contributed by atoms with van der Waals surface area (Å²) in [5, 5.41) is 0.927. The molecule has 1 aromatic carbocycles. The molecule has 1 aliphatic heterocycles. The fourth-order valence-electron chi connectivity index (χ4n) is 2.58. The smallest absolute Gasteiger partial charge is 0.374 e. The van der Waals surface area contributed by atoms with Gasteiger partial charge in [-0.25, -0.2) is 4.79 Å². The molecular formula is C16H20N2O3. The van der Waals surface area contributed by atoms with Crippen LogP contribution in [0.2, 0.25) is 0 Å².